The maximum atomic E-state index is 13.4. The van der Waals surface area contributed by atoms with Crippen molar-refractivity contribution in [3.05, 3.63) is 124 Å². The normalized spacial score (nSPS) is 13.9. The first-order chi connectivity index (χ1) is 15.9. The summed E-state index contributed by atoms with van der Waals surface area (Å²) in [5.41, 5.74) is 1.11. The summed E-state index contributed by atoms with van der Waals surface area (Å²) in [5.74, 6) is -2.15. The quantitative estimate of drug-likeness (QED) is 0.310. The van der Waals surface area contributed by atoms with E-state index < -0.39 is 17.3 Å². The Hall–Kier alpha value is -3.14. The van der Waals surface area contributed by atoms with Gasteiger partial charge in [-0.05, 0) is 59.9 Å². The zero-order valence-electron chi connectivity index (χ0n) is 18.0. The highest BCUT2D eigenvalue weighted by Crippen LogP contribution is 2.40. The van der Waals surface area contributed by atoms with Crippen LogP contribution in [-0.4, -0.2) is 16.9 Å². The molecule has 33 heavy (non-hydrogen) atoms. The maximum absolute atomic E-state index is 13.4. The molecular formula is C28H24Cl2O3. The standard InChI is InChI=1S/C28H24Cl2O3/c1-2-26(31)28(22-10-4-3-5-11-22,17-7-9-20-8-6-12-24(30)18-20)19-25(27(32)33)21-13-15-23(29)16-14-21/h2-16,18,25H,1,17,19H2,(H,32,33)/b9-7+. The number of ketones is 1. The first-order valence-electron chi connectivity index (χ1n) is 10.5. The summed E-state index contributed by atoms with van der Waals surface area (Å²) >= 11 is 12.1. The largest absolute Gasteiger partial charge is 0.481 e. The molecule has 1 N–H and O–H groups in total. The van der Waals surface area contributed by atoms with Crippen LogP contribution in [0.2, 0.25) is 10.0 Å². The molecule has 3 nitrogen and oxygen atoms in total. The van der Waals surface area contributed by atoms with Crippen molar-refractivity contribution in [2.75, 3.05) is 0 Å². The summed E-state index contributed by atoms with van der Waals surface area (Å²) in [6.07, 6.45) is 5.42. The van der Waals surface area contributed by atoms with Crippen molar-refractivity contribution >= 4 is 41.0 Å². The number of hydrogen-bond donors (Lipinski definition) is 1. The second-order valence-corrected chi connectivity index (χ2v) is 8.70. The van der Waals surface area contributed by atoms with Gasteiger partial charge in [0.15, 0.2) is 5.78 Å². The molecule has 0 saturated heterocycles. The minimum absolute atomic E-state index is 0.0682. The van der Waals surface area contributed by atoms with Crippen molar-refractivity contribution in [2.45, 2.75) is 24.2 Å². The summed E-state index contributed by atoms with van der Waals surface area (Å²) in [6.45, 7) is 3.71. The van der Waals surface area contributed by atoms with E-state index in [1.54, 1.807) is 30.3 Å². The number of carboxylic acid groups (broad SMARTS) is 1. The Balaban J connectivity index is 2.07. The third-order valence-electron chi connectivity index (χ3n) is 5.73. The van der Waals surface area contributed by atoms with Crippen LogP contribution in [0.25, 0.3) is 6.08 Å². The van der Waals surface area contributed by atoms with Crippen molar-refractivity contribution in [1.82, 2.24) is 0 Å². The van der Waals surface area contributed by atoms with Gasteiger partial charge in [-0.1, -0.05) is 96.5 Å². The van der Waals surface area contributed by atoms with Crippen LogP contribution in [-0.2, 0) is 15.0 Å². The molecule has 3 aromatic rings. The van der Waals surface area contributed by atoms with Gasteiger partial charge in [0.1, 0.15) is 0 Å². The number of hydrogen-bond acceptors (Lipinski definition) is 2. The number of carbonyl (C=O) groups excluding carboxylic acids is 1. The Morgan fingerprint density at radius 2 is 1.64 bits per heavy atom. The summed E-state index contributed by atoms with van der Waals surface area (Å²) < 4.78 is 0. The summed E-state index contributed by atoms with van der Waals surface area (Å²) in [5, 5.41) is 11.2. The summed E-state index contributed by atoms with van der Waals surface area (Å²) in [6, 6.07) is 23.3. The van der Waals surface area contributed by atoms with E-state index >= 15 is 0 Å². The number of carbonyl (C=O) groups is 2. The second kappa shape index (κ2) is 11.1. The molecule has 0 saturated carbocycles. The van der Waals surface area contributed by atoms with Crippen LogP contribution < -0.4 is 0 Å². The Kier molecular flexibility index (Phi) is 8.26. The first-order valence-corrected chi connectivity index (χ1v) is 11.2. The first kappa shape index (κ1) is 24.5. The van der Waals surface area contributed by atoms with Crippen molar-refractivity contribution < 1.29 is 14.7 Å². The van der Waals surface area contributed by atoms with Crippen LogP contribution >= 0.6 is 23.2 Å². The van der Waals surface area contributed by atoms with Crippen LogP contribution in [0.4, 0.5) is 0 Å². The molecule has 0 aliphatic rings. The predicted octanol–water partition coefficient (Wildman–Crippen LogP) is 7.35. The molecule has 168 valence electrons. The van der Waals surface area contributed by atoms with E-state index in [1.165, 1.54) is 6.08 Å². The maximum Gasteiger partial charge on any atom is 0.311 e. The highest BCUT2D eigenvalue weighted by molar-refractivity contribution is 6.30. The van der Waals surface area contributed by atoms with Crippen LogP contribution in [0.15, 0.2) is 97.6 Å². The molecule has 0 aromatic heterocycles. The van der Waals surface area contributed by atoms with Crippen molar-refractivity contribution in [3.8, 4) is 0 Å². The van der Waals surface area contributed by atoms with E-state index in [2.05, 4.69) is 6.58 Å². The van der Waals surface area contributed by atoms with E-state index in [0.717, 1.165) is 11.1 Å². The molecule has 0 aliphatic heterocycles. The fraction of sp³-hybridized carbons (Fsp3) is 0.143. The van der Waals surface area contributed by atoms with Gasteiger partial charge < -0.3 is 5.11 Å². The Labute approximate surface area is 204 Å². The molecule has 0 heterocycles. The van der Waals surface area contributed by atoms with Gasteiger partial charge in [-0.25, -0.2) is 0 Å². The lowest BCUT2D eigenvalue weighted by molar-refractivity contribution is -0.139. The molecule has 3 aromatic carbocycles. The lowest BCUT2D eigenvalue weighted by atomic mass is 9.67. The van der Waals surface area contributed by atoms with Crippen molar-refractivity contribution in [2.24, 2.45) is 0 Å². The zero-order chi connectivity index (χ0) is 23.8. The molecule has 5 heteroatoms. The molecule has 0 radical (unpaired) electrons. The lowest BCUT2D eigenvalue weighted by Gasteiger charge is -2.34. The average molecular weight is 479 g/mol. The van der Waals surface area contributed by atoms with Crippen LogP contribution in [0.5, 0.6) is 0 Å². The van der Waals surface area contributed by atoms with Crippen LogP contribution in [0.1, 0.15) is 35.4 Å². The van der Waals surface area contributed by atoms with Gasteiger partial charge >= 0.3 is 5.97 Å². The zero-order valence-corrected chi connectivity index (χ0v) is 19.5. The van der Waals surface area contributed by atoms with Gasteiger partial charge in [-0.3, -0.25) is 9.59 Å². The number of aliphatic carboxylic acids is 1. The Morgan fingerprint density at radius 3 is 2.24 bits per heavy atom. The van der Waals surface area contributed by atoms with Gasteiger partial charge in [-0.15, -0.1) is 0 Å². The number of halogens is 2. The second-order valence-electron chi connectivity index (χ2n) is 7.82. The highest BCUT2D eigenvalue weighted by atomic mass is 35.5. The SMILES string of the molecule is C=CC(=O)C(C/C=C/c1cccc(Cl)c1)(CC(C(=O)O)c1ccc(Cl)cc1)c1ccccc1. The molecule has 0 amide bonds. The average Bonchev–Trinajstić information content (AvgIpc) is 2.82. The van der Waals surface area contributed by atoms with Crippen LogP contribution in [0, 0.1) is 0 Å². The fourth-order valence-electron chi connectivity index (χ4n) is 4.01. The molecule has 0 aliphatic carbocycles. The topological polar surface area (TPSA) is 54.4 Å². The molecular weight excluding hydrogens is 455 g/mol. The van der Waals surface area contributed by atoms with E-state index in [-0.39, 0.29) is 12.2 Å². The van der Waals surface area contributed by atoms with Gasteiger partial charge in [0.25, 0.3) is 0 Å². The van der Waals surface area contributed by atoms with E-state index in [1.807, 2.05) is 60.7 Å². The Bertz CT molecular complexity index is 1150. The lowest BCUT2D eigenvalue weighted by Crippen LogP contribution is -2.37. The molecule has 2 atom stereocenters. The van der Waals surface area contributed by atoms with Crippen LogP contribution in [0.3, 0.4) is 0 Å². The van der Waals surface area contributed by atoms with Gasteiger partial charge in [0.05, 0.1) is 11.3 Å². The monoisotopic (exact) mass is 478 g/mol. The van der Waals surface area contributed by atoms with Gasteiger partial charge in [0, 0.05) is 10.0 Å². The summed E-state index contributed by atoms with van der Waals surface area (Å²) in [4.78, 5) is 25.7. The molecule has 0 bridgehead atoms. The number of allylic oxidation sites excluding steroid dienone is 2. The fourth-order valence-corrected chi connectivity index (χ4v) is 4.34. The molecule has 0 spiro atoms. The number of rotatable bonds is 10. The van der Waals surface area contributed by atoms with Crippen molar-refractivity contribution in [3.63, 3.8) is 0 Å². The minimum atomic E-state index is -1.11. The van der Waals surface area contributed by atoms with E-state index in [4.69, 9.17) is 23.2 Å². The third-order valence-corrected chi connectivity index (χ3v) is 6.22. The van der Waals surface area contributed by atoms with Crippen molar-refractivity contribution in [1.29, 1.82) is 0 Å². The smallest absolute Gasteiger partial charge is 0.311 e. The predicted molar refractivity (Wildman–Crippen MR) is 135 cm³/mol. The van der Waals surface area contributed by atoms with Gasteiger partial charge in [-0.2, -0.15) is 0 Å². The summed E-state index contributed by atoms with van der Waals surface area (Å²) in [7, 11) is 0. The molecule has 3 rings (SSSR count). The number of benzene rings is 3. The van der Waals surface area contributed by atoms with E-state index in [0.29, 0.717) is 22.0 Å². The van der Waals surface area contributed by atoms with Gasteiger partial charge in [0.2, 0.25) is 0 Å². The Morgan fingerprint density at radius 1 is 0.939 bits per heavy atom. The van der Waals surface area contributed by atoms with E-state index in [9.17, 15) is 14.7 Å². The molecule has 2 unspecified atom stereocenters. The highest BCUT2D eigenvalue weighted by Gasteiger charge is 2.41. The molecule has 0 fully saturated rings. The third kappa shape index (κ3) is 6.01. The minimum Gasteiger partial charge on any atom is -0.481 e. The number of carboxylic acids is 1.